The molecular formula is C13H19NO2. The van der Waals surface area contributed by atoms with Crippen LogP contribution >= 0.6 is 0 Å². The van der Waals surface area contributed by atoms with Gasteiger partial charge in [-0.2, -0.15) is 0 Å². The molecule has 0 aliphatic carbocycles. The second kappa shape index (κ2) is 4.85. The Morgan fingerprint density at radius 1 is 1.38 bits per heavy atom. The van der Waals surface area contributed by atoms with E-state index in [0.29, 0.717) is 0 Å². The fraction of sp³-hybridized carbons (Fsp3) is 0.538. The Bertz CT molecular complexity index is 328. The number of morpholine rings is 1. The molecule has 88 valence electrons. The van der Waals surface area contributed by atoms with Crippen LogP contribution in [0.1, 0.15) is 18.9 Å². The second-order valence-electron chi connectivity index (χ2n) is 4.10. The van der Waals surface area contributed by atoms with Crippen molar-refractivity contribution in [1.82, 2.24) is 5.32 Å². The zero-order valence-electron chi connectivity index (χ0n) is 9.95. The number of ether oxygens (including phenoxy) is 2. The molecule has 0 spiro atoms. The van der Waals surface area contributed by atoms with Crippen molar-refractivity contribution in [3.05, 3.63) is 29.8 Å². The summed E-state index contributed by atoms with van der Waals surface area (Å²) in [4.78, 5) is 0. The molecule has 0 bridgehead atoms. The van der Waals surface area contributed by atoms with Crippen LogP contribution in [0.3, 0.4) is 0 Å². The van der Waals surface area contributed by atoms with E-state index in [1.807, 2.05) is 12.1 Å². The molecule has 3 heteroatoms. The Balaban J connectivity index is 2.24. The standard InChI is InChI=1S/C13H19NO2/c1-3-13(10-14-8-9-16-13)11-4-6-12(15-2)7-5-11/h4-7,14H,3,8-10H2,1-2H3. The van der Waals surface area contributed by atoms with Gasteiger partial charge in [0.2, 0.25) is 0 Å². The highest BCUT2D eigenvalue weighted by atomic mass is 16.5. The van der Waals surface area contributed by atoms with Gasteiger partial charge >= 0.3 is 0 Å². The SMILES string of the molecule is CCC1(c2ccc(OC)cc2)CNCCO1. The van der Waals surface area contributed by atoms with Crippen LogP contribution in [-0.2, 0) is 10.3 Å². The first kappa shape index (κ1) is 11.4. The third-order valence-electron chi connectivity index (χ3n) is 3.25. The fourth-order valence-corrected chi connectivity index (χ4v) is 2.17. The maximum Gasteiger partial charge on any atom is 0.118 e. The first-order valence-electron chi connectivity index (χ1n) is 5.80. The molecular weight excluding hydrogens is 202 g/mol. The van der Waals surface area contributed by atoms with Gasteiger partial charge in [-0.3, -0.25) is 0 Å². The summed E-state index contributed by atoms with van der Waals surface area (Å²) >= 11 is 0. The van der Waals surface area contributed by atoms with E-state index in [9.17, 15) is 0 Å². The molecule has 0 amide bonds. The maximum atomic E-state index is 5.97. The maximum absolute atomic E-state index is 5.97. The lowest BCUT2D eigenvalue weighted by Gasteiger charge is -2.37. The van der Waals surface area contributed by atoms with Gasteiger partial charge in [0.1, 0.15) is 11.4 Å². The van der Waals surface area contributed by atoms with Crippen molar-refractivity contribution in [2.45, 2.75) is 18.9 Å². The van der Waals surface area contributed by atoms with E-state index in [0.717, 1.165) is 31.9 Å². The monoisotopic (exact) mass is 221 g/mol. The third kappa shape index (κ3) is 2.06. The predicted octanol–water partition coefficient (Wildman–Crippen LogP) is 1.92. The van der Waals surface area contributed by atoms with Crippen molar-refractivity contribution >= 4 is 0 Å². The summed E-state index contributed by atoms with van der Waals surface area (Å²) in [5.74, 6) is 0.888. The number of hydrogen-bond acceptors (Lipinski definition) is 3. The molecule has 1 aliphatic rings. The minimum atomic E-state index is -0.162. The molecule has 1 unspecified atom stereocenters. The van der Waals surface area contributed by atoms with E-state index in [1.165, 1.54) is 5.56 Å². The van der Waals surface area contributed by atoms with Crippen LogP contribution in [0.2, 0.25) is 0 Å². The number of methoxy groups -OCH3 is 1. The highest BCUT2D eigenvalue weighted by molar-refractivity contribution is 5.31. The van der Waals surface area contributed by atoms with Crippen LogP contribution in [0.25, 0.3) is 0 Å². The minimum Gasteiger partial charge on any atom is -0.497 e. The van der Waals surface area contributed by atoms with Crippen LogP contribution in [0.5, 0.6) is 5.75 Å². The summed E-state index contributed by atoms with van der Waals surface area (Å²) in [6.45, 7) is 4.77. The van der Waals surface area contributed by atoms with Gasteiger partial charge in [0.15, 0.2) is 0 Å². The molecule has 1 aliphatic heterocycles. The molecule has 1 atom stereocenters. The van der Waals surface area contributed by atoms with Gasteiger partial charge in [-0.25, -0.2) is 0 Å². The first-order valence-corrected chi connectivity index (χ1v) is 5.80. The molecule has 2 rings (SSSR count). The summed E-state index contributed by atoms with van der Waals surface area (Å²) in [5.41, 5.74) is 1.06. The summed E-state index contributed by atoms with van der Waals surface area (Å²) < 4.78 is 11.1. The van der Waals surface area contributed by atoms with Gasteiger partial charge in [-0.1, -0.05) is 19.1 Å². The van der Waals surface area contributed by atoms with Gasteiger partial charge in [-0.05, 0) is 24.1 Å². The van der Waals surface area contributed by atoms with E-state index in [2.05, 4.69) is 24.4 Å². The summed E-state index contributed by atoms with van der Waals surface area (Å²) in [6, 6.07) is 8.17. The van der Waals surface area contributed by atoms with Gasteiger partial charge in [0.05, 0.1) is 13.7 Å². The Kier molecular flexibility index (Phi) is 3.46. The second-order valence-corrected chi connectivity index (χ2v) is 4.10. The first-order chi connectivity index (χ1) is 7.80. The van der Waals surface area contributed by atoms with Crippen LogP contribution in [-0.4, -0.2) is 26.8 Å². The average Bonchev–Trinajstić information content (AvgIpc) is 2.39. The fourth-order valence-electron chi connectivity index (χ4n) is 2.17. The van der Waals surface area contributed by atoms with Crippen molar-refractivity contribution < 1.29 is 9.47 Å². The number of nitrogens with one attached hydrogen (secondary N) is 1. The molecule has 0 radical (unpaired) electrons. The van der Waals surface area contributed by atoms with Crippen LogP contribution in [0, 0.1) is 0 Å². The number of hydrogen-bond donors (Lipinski definition) is 1. The molecule has 1 fully saturated rings. The molecule has 1 aromatic carbocycles. The lowest BCUT2D eigenvalue weighted by atomic mass is 9.90. The van der Waals surface area contributed by atoms with Crippen molar-refractivity contribution in [2.24, 2.45) is 0 Å². The largest absolute Gasteiger partial charge is 0.497 e. The average molecular weight is 221 g/mol. The molecule has 1 saturated heterocycles. The van der Waals surface area contributed by atoms with Crippen molar-refractivity contribution in [2.75, 3.05) is 26.8 Å². The Morgan fingerprint density at radius 3 is 2.62 bits per heavy atom. The van der Waals surface area contributed by atoms with Gasteiger partial charge in [-0.15, -0.1) is 0 Å². The minimum absolute atomic E-state index is 0.162. The van der Waals surface area contributed by atoms with E-state index < -0.39 is 0 Å². The number of benzene rings is 1. The topological polar surface area (TPSA) is 30.5 Å². The smallest absolute Gasteiger partial charge is 0.118 e. The molecule has 0 saturated carbocycles. The van der Waals surface area contributed by atoms with Gasteiger partial charge in [0, 0.05) is 13.1 Å². The Labute approximate surface area is 96.8 Å². The zero-order chi connectivity index (χ0) is 11.4. The number of rotatable bonds is 3. The third-order valence-corrected chi connectivity index (χ3v) is 3.25. The molecule has 0 aromatic heterocycles. The predicted molar refractivity (Wildman–Crippen MR) is 63.8 cm³/mol. The van der Waals surface area contributed by atoms with Gasteiger partial charge in [0.25, 0.3) is 0 Å². The summed E-state index contributed by atoms with van der Waals surface area (Å²) in [7, 11) is 1.68. The van der Waals surface area contributed by atoms with Gasteiger partial charge < -0.3 is 14.8 Å². The normalized spacial score (nSPS) is 25.4. The lowest BCUT2D eigenvalue weighted by molar-refractivity contribution is -0.0737. The summed E-state index contributed by atoms with van der Waals surface area (Å²) in [6.07, 6.45) is 0.979. The van der Waals surface area contributed by atoms with Crippen molar-refractivity contribution in [3.63, 3.8) is 0 Å². The van der Waals surface area contributed by atoms with E-state index in [-0.39, 0.29) is 5.60 Å². The molecule has 1 N–H and O–H groups in total. The molecule has 1 heterocycles. The highest BCUT2D eigenvalue weighted by Gasteiger charge is 2.33. The summed E-state index contributed by atoms with van der Waals surface area (Å²) in [5, 5.41) is 3.40. The lowest BCUT2D eigenvalue weighted by Crippen LogP contribution is -2.47. The molecule has 16 heavy (non-hydrogen) atoms. The van der Waals surface area contributed by atoms with E-state index in [1.54, 1.807) is 7.11 Å². The van der Waals surface area contributed by atoms with Crippen LogP contribution in [0.15, 0.2) is 24.3 Å². The Hall–Kier alpha value is -1.06. The van der Waals surface area contributed by atoms with E-state index in [4.69, 9.17) is 9.47 Å². The Morgan fingerprint density at radius 2 is 2.12 bits per heavy atom. The van der Waals surface area contributed by atoms with Crippen LogP contribution in [0.4, 0.5) is 0 Å². The highest BCUT2D eigenvalue weighted by Crippen LogP contribution is 2.31. The molecule has 1 aromatic rings. The van der Waals surface area contributed by atoms with E-state index >= 15 is 0 Å². The quantitative estimate of drug-likeness (QED) is 0.846. The van der Waals surface area contributed by atoms with Crippen molar-refractivity contribution in [1.29, 1.82) is 0 Å². The molecule has 3 nitrogen and oxygen atoms in total. The van der Waals surface area contributed by atoms with Crippen LogP contribution < -0.4 is 10.1 Å². The van der Waals surface area contributed by atoms with Crippen molar-refractivity contribution in [3.8, 4) is 5.75 Å². The zero-order valence-corrected chi connectivity index (χ0v) is 9.95.